The van der Waals surface area contributed by atoms with Crippen molar-refractivity contribution in [1.29, 1.82) is 0 Å². The van der Waals surface area contributed by atoms with Gasteiger partial charge in [0.05, 0.1) is 0 Å². The highest BCUT2D eigenvalue weighted by Crippen LogP contribution is 2.28. The van der Waals surface area contributed by atoms with Crippen molar-refractivity contribution in [2.45, 2.75) is 6.61 Å². The molecule has 0 spiro atoms. The zero-order valence-corrected chi connectivity index (χ0v) is 10.3. The number of pyridine rings is 2. The van der Waals surface area contributed by atoms with E-state index in [1.807, 2.05) is 36.4 Å². The number of nitrogen functional groups attached to an aromatic ring is 1. The molecule has 0 saturated heterocycles. The molecule has 4 nitrogen and oxygen atoms in total. The van der Waals surface area contributed by atoms with Gasteiger partial charge < -0.3 is 10.5 Å². The van der Waals surface area contributed by atoms with Crippen LogP contribution in [0.5, 0.6) is 5.75 Å². The number of hydrogen-bond donors (Lipinski definition) is 1. The van der Waals surface area contributed by atoms with Gasteiger partial charge in [0.15, 0.2) is 0 Å². The fourth-order valence-corrected chi connectivity index (χ4v) is 1.93. The molecule has 2 aromatic heterocycles. The van der Waals surface area contributed by atoms with Gasteiger partial charge in [-0.15, -0.1) is 0 Å². The molecule has 3 rings (SSSR count). The van der Waals surface area contributed by atoms with E-state index in [1.165, 1.54) is 0 Å². The second-order valence-electron chi connectivity index (χ2n) is 4.20. The van der Waals surface area contributed by atoms with Crippen LogP contribution in [0.4, 0.5) is 5.69 Å². The Morgan fingerprint density at radius 3 is 2.79 bits per heavy atom. The van der Waals surface area contributed by atoms with E-state index in [-0.39, 0.29) is 0 Å². The number of ether oxygens (including phenoxy) is 1. The van der Waals surface area contributed by atoms with Gasteiger partial charge in [0.2, 0.25) is 0 Å². The smallest absolute Gasteiger partial charge is 0.146 e. The number of aromatic nitrogens is 2. The summed E-state index contributed by atoms with van der Waals surface area (Å²) in [5.74, 6) is 0.730. The summed E-state index contributed by atoms with van der Waals surface area (Å²) in [6.07, 6.45) is 5.26. The maximum atomic E-state index is 5.93. The predicted octanol–water partition coefficient (Wildman–Crippen LogP) is 2.79. The molecule has 0 unspecified atom stereocenters. The second kappa shape index (κ2) is 4.94. The Labute approximate surface area is 110 Å². The minimum absolute atomic E-state index is 0.462. The first kappa shape index (κ1) is 11.5. The van der Waals surface area contributed by atoms with E-state index in [1.54, 1.807) is 18.6 Å². The number of fused-ring (bicyclic) bond motifs is 1. The summed E-state index contributed by atoms with van der Waals surface area (Å²) in [6, 6.07) is 11.3. The number of benzene rings is 1. The number of rotatable bonds is 3. The summed E-state index contributed by atoms with van der Waals surface area (Å²) in [6.45, 7) is 0.462. The van der Waals surface area contributed by atoms with Gasteiger partial charge in [0, 0.05) is 35.2 Å². The quantitative estimate of drug-likeness (QED) is 0.727. The Morgan fingerprint density at radius 2 is 1.95 bits per heavy atom. The van der Waals surface area contributed by atoms with Crippen molar-refractivity contribution in [3.63, 3.8) is 0 Å². The molecule has 4 heteroatoms. The lowest BCUT2D eigenvalue weighted by molar-refractivity contribution is 0.309. The minimum atomic E-state index is 0.462. The molecule has 0 radical (unpaired) electrons. The Bertz CT molecular complexity index is 698. The third-order valence-corrected chi connectivity index (χ3v) is 2.88. The van der Waals surface area contributed by atoms with Gasteiger partial charge in [0.25, 0.3) is 0 Å². The molecular weight excluding hydrogens is 238 g/mol. The van der Waals surface area contributed by atoms with Crippen molar-refractivity contribution in [2.24, 2.45) is 0 Å². The van der Waals surface area contributed by atoms with Gasteiger partial charge in [0.1, 0.15) is 17.9 Å². The summed E-state index contributed by atoms with van der Waals surface area (Å²) < 4.78 is 5.80. The van der Waals surface area contributed by atoms with Crippen LogP contribution in [0, 0.1) is 0 Å². The van der Waals surface area contributed by atoms with Crippen molar-refractivity contribution in [3.05, 3.63) is 60.6 Å². The van der Waals surface area contributed by atoms with Crippen molar-refractivity contribution in [1.82, 2.24) is 9.97 Å². The summed E-state index contributed by atoms with van der Waals surface area (Å²) in [5, 5.41) is 0.909. The Kier molecular flexibility index (Phi) is 2.98. The molecule has 0 bridgehead atoms. The van der Waals surface area contributed by atoms with Crippen molar-refractivity contribution < 1.29 is 4.74 Å². The molecule has 0 fully saturated rings. The van der Waals surface area contributed by atoms with Crippen LogP contribution in [0.3, 0.4) is 0 Å². The van der Waals surface area contributed by atoms with Crippen molar-refractivity contribution in [3.8, 4) is 5.75 Å². The topological polar surface area (TPSA) is 61.0 Å². The lowest BCUT2D eigenvalue weighted by atomic mass is 10.1. The molecule has 2 N–H and O–H groups in total. The first-order chi connectivity index (χ1) is 9.34. The van der Waals surface area contributed by atoms with Crippen LogP contribution in [-0.2, 0) is 6.61 Å². The molecule has 3 aromatic rings. The maximum absolute atomic E-state index is 5.93. The van der Waals surface area contributed by atoms with Crippen molar-refractivity contribution in [2.75, 3.05) is 5.73 Å². The SMILES string of the molecule is Nc1ccc(OCc2cccnc2)c2ncccc12. The lowest BCUT2D eigenvalue weighted by Crippen LogP contribution is -1.98. The molecule has 0 aliphatic rings. The molecule has 0 amide bonds. The number of anilines is 1. The molecule has 2 heterocycles. The van der Waals surface area contributed by atoms with Crippen LogP contribution in [0.2, 0.25) is 0 Å². The van der Waals surface area contributed by atoms with Gasteiger partial charge in [-0.25, -0.2) is 0 Å². The molecular formula is C15H13N3O. The fourth-order valence-electron chi connectivity index (χ4n) is 1.93. The Hall–Kier alpha value is -2.62. The van der Waals surface area contributed by atoms with Gasteiger partial charge in [-0.1, -0.05) is 6.07 Å². The zero-order chi connectivity index (χ0) is 13.1. The van der Waals surface area contributed by atoms with Crippen LogP contribution < -0.4 is 10.5 Å². The zero-order valence-electron chi connectivity index (χ0n) is 10.3. The number of nitrogens with two attached hydrogens (primary N) is 1. The van der Waals surface area contributed by atoms with Crippen LogP contribution in [0.1, 0.15) is 5.56 Å². The average Bonchev–Trinajstić information content (AvgIpc) is 2.48. The molecule has 0 aliphatic heterocycles. The number of hydrogen-bond acceptors (Lipinski definition) is 4. The van der Waals surface area contributed by atoms with E-state index in [0.29, 0.717) is 12.3 Å². The largest absolute Gasteiger partial charge is 0.487 e. The normalized spacial score (nSPS) is 10.5. The minimum Gasteiger partial charge on any atom is -0.487 e. The van der Waals surface area contributed by atoms with E-state index < -0.39 is 0 Å². The van der Waals surface area contributed by atoms with Gasteiger partial charge in [-0.05, 0) is 30.3 Å². The highest BCUT2D eigenvalue weighted by atomic mass is 16.5. The van der Waals surface area contributed by atoms with Gasteiger partial charge in [-0.3, -0.25) is 9.97 Å². The molecule has 0 atom stereocenters. The van der Waals surface area contributed by atoms with Crippen LogP contribution in [0.25, 0.3) is 10.9 Å². The van der Waals surface area contributed by atoms with E-state index in [9.17, 15) is 0 Å². The lowest BCUT2D eigenvalue weighted by Gasteiger charge is -2.09. The van der Waals surface area contributed by atoms with Gasteiger partial charge >= 0.3 is 0 Å². The monoisotopic (exact) mass is 251 g/mol. The fraction of sp³-hybridized carbons (Fsp3) is 0.0667. The number of nitrogens with zero attached hydrogens (tertiary/aromatic N) is 2. The summed E-state index contributed by atoms with van der Waals surface area (Å²) in [7, 11) is 0. The average molecular weight is 251 g/mol. The van der Waals surface area contributed by atoms with Crippen molar-refractivity contribution >= 4 is 16.6 Å². The van der Waals surface area contributed by atoms with Gasteiger partial charge in [-0.2, -0.15) is 0 Å². The van der Waals surface area contributed by atoms with Crippen LogP contribution in [-0.4, -0.2) is 9.97 Å². The molecule has 0 saturated carbocycles. The predicted molar refractivity (Wildman–Crippen MR) is 74.7 cm³/mol. The third kappa shape index (κ3) is 2.33. The molecule has 19 heavy (non-hydrogen) atoms. The van der Waals surface area contributed by atoms with E-state index in [2.05, 4.69) is 9.97 Å². The summed E-state index contributed by atoms with van der Waals surface area (Å²) in [5.41, 5.74) is 8.43. The summed E-state index contributed by atoms with van der Waals surface area (Å²) in [4.78, 5) is 8.39. The summed E-state index contributed by atoms with van der Waals surface area (Å²) >= 11 is 0. The maximum Gasteiger partial charge on any atom is 0.146 e. The molecule has 94 valence electrons. The van der Waals surface area contributed by atoms with E-state index in [4.69, 9.17) is 10.5 Å². The van der Waals surface area contributed by atoms with E-state index in [0.717, 1.165) is 22.2 Å². The Morgan fingerprint density at radius 1 is 1.05 bits per heavy atom. The first-order valence-electron chi connectivity index (χ1n) is 5.99. The Balaban J connectivity index is 1.91. The first-order valence-corrected chi connectivity index (χ1v) is 5.99. The standard InChI is InChI=1S/C15H13N3O/c16-13-5-6-14(15-12(13)4-2-8-18-15)19-10-11-3-1-7-17-9-11/h1-9H,10,16H2. The molecule has 1 aromatic carbocycles. The van der Waals surface area contributed by atoms with Crippen LogP contribution in [0.15, 0.2) is 55.0 Å². The highest BCUT2D eigenvalue weighted by molar-refractivity contribution is 5.94. The highest BCUT2D eigenvalue weighted by Gasteiger charge is 2.06. The van der Waals surface area contributed by atoms with E-state index >= 15 is 0 Å². The second-order valence-corrected chi connectivity index (χ2v) is 4.20. The third-order valence-electron chi connectivity index (χ3n) is 2.88. The van der Waals surface area contributed by atoms with Crippen LogP contribution >= 0.6 is 0 Å². The molecule has 0 aliphatic carbocycles.